The fraction of sp³-hybridized carbons (Fsp3) is 0.333. The van der Waals surface area contributed by atoms with Crippen molar-refractivity contribution < 1.29 is 9.50 Å². The summed E-state index contributed by atoms with van der Waals surface area (Å²) in [6.07, 6.45) is 2.06. The molecule has 0 bridgehead atoms. The van der Waals surface area contributed by atoms with Crippen LogP contribution in [0.3, 0.4) is 0 Å². The Hall–Kier alpha value is -1.46. The molecule has 1 N–H and O–H groups in total. The van der Waals surface area contributed by atoms with Crippen molar-refractivity contribution in [3.63, 3.8) is 0 Å². The summed E-state index contributed by atoms with van der Waals surface area (Å²) in [4.78, 5) is 16.2. The molecule has 1 aliphatic carbocycles. The molecular weight excluding hydrogens is 259 g/mol. The van der Waals surface area contributed by atoms with E-state index in [1.54, 1.807) is 0 Å². The van der Waals surface area contributed by atoms with Gasteiger partial charge in [0.1, 0.15) is 11.3 Å². The average molecular weight is 269 g/mol. The summed E-state index contributed by atoms with van der Waals surface area (Å²) in [5.74, 6) is -0.484. The number of hydrogen-bond donors (Lipinski definition) is 1. The van der Waals surface area contributed by atoms with Crippen molar-refractivity contribution in [3.8, 4) is 0 Å². The molecule has 0 radical (unpaired) electrons. The molecule has 94 valence electrons. The molecule has 1 aliphatic rings. The van der Waals surface area contributed by atoms with Gasteiger partial charge in [-0.05, 0) is 18.6 Å². The van der Waals surface area contributed by atoms with E-state index in [2.05, 4.69) is 4.98 Å². The lowest BCUT2D eigenvalue weighted by atomic mass is 10.2. The molecule has 2 aromatic rings. The first kappa shape index (κ1) is 11.6. The standard InChI is InChI=1S/C12H10ClFN2O2/c13-7-1-2-8(14)11-10(7)12(18)16(5-15-11)9-3-6(9)4-17/h1-2,5-6,9,17H,3-4H2. The van der Waals surface area contributed by atoms with Crippen molar-refractivity contribution in [2.75, 3.05) is 6.61 Å². The van der Waals surface area contributed by atoms with E-state index in [1.807, 2.05) is 0 Å². The van der Waals surface area contributed by atoms with Crippen LogP contribution in [0.2, 0.25) is 5.02 Å². The summed E-state index contributed by atoms with van der Waals surface area (Å²) < 4.78 is 15.0. The Balaban J connectivity index is 2.24. The first-order chi connectivity index (χ1) is 8.63. The lowest BCUT2D eigenvalue weighted by Gasteiger charge is -2.07. The highest BCUT2D eigenvalue weighted by molar-refractivity contribution is 6.35. The van der Waals surface area contributed by atoms with Crippen LogP contribution in [-0.4, -0.2) is 21.3 Å². The highest BCUT2D eigenvalue weighted by Crippen LogP contribution is 2.41. The number of rotatable bonds is 2. The minimum atomic E-state index is -0.562. The predicted octanol–water partition coefficient (Wildman–Crippen LogP) is 1.74. The molecule has 3 rings (SSSR count). The number of aromatic nitrogens is 2. The van der Waals surface area contributed by atoms with Gasteiger partial charge in [-0.15, -0.1) is 0 Å². The van der Waals surface area contributed by atoms with Crippen molar-refractivity contribution >= 4 is 22.5 Å². The molecule has 1 aromatic carbocycles. The normalized spacial score (nSPS) is 22.4. The zero-order valence-electron chi connectivity index (χ0n) is 9.31. The maximum absolute atomic E-state index is 13.5. The molecule has 0 saturated heterocycles. The summed E-state index contributed by atoms with van der Waals surface area (Å²) in [6, 6.07) is 2.48. The lowest BCUT2D eigenvalue weighted by molar-refractivity contribution is 0.268. The Bertz CT molecular complexity index is 686. The summed E-state index contributed by atoms with van der Waals surface area (Å²) in [6.45, 7) is 0.0338. The molecule has 1 heterocycles. The van der Waals surface area contributed by atoms with E-state index in [1.165, 1.54) is 23.0 Å². The second-order valence-electron chi connectivity index (χ2n) is 4.46. The number of hydrogen-bond acceptors (Lipinski definition) is 3. The third kappa shape index (κ3) is 1.62. The molecule has 4 nitrogen and oxygen atoms in total. The van der Waals surface area contributed by atoms with Gasteiger partial charge in [-0.2, -0.15) is 0 Å². The molecule has 1 aromatic heterocycles. The van der Waals surface area contributed by atoms with Crippen molar-refractivity contribution in [1.29, 1.82) is 0 Å². The van der Waals surface area contributed by atoms with E-state index in [4.69, 9.17) is 16.7 Å². The molecule has 0 spiro atoms. The number of fused-ring (bicyclic) bond motifs is 1. The zero-order chi connectivity index (χ0) is 12.9. The lowest BCUT2D eigenvalue weighted by Crippen LogP contribution is -2.21. The Morgan fingerprint density at radius 2 is 2.33 bits per heavy atom. The summed E-state index contributed by atoms with van der Waals surface area (Å²) in [5.41, 5.74) is -0.365. The fourth-order valence-electron chi connectivity index (χ4n) is 2.18. The number of aliphatic hydroxyl groups is 1. The fourth-order valence-corrected chi connectivity index (χ4v) is 2.41. The van der Waals surface area contributed by atoms with Gasteiger partial charge in [-0.3, -0.25) is 9.36 Å². The van der Waals surface area contributed by atoms with E-state index in [9.17, 15) is 9.18 Å². The molecular formula is C12H10ClFN2O2. The molecule has 6 heteroatoms. The summed E-state index contributed by atoms with van der Waals surface area (Å²) >= 11 is 5.93. The minimum absolute atomic E-state index is 0.00931. The van der Waals surface area contributed by atoms with Crippen molar-refractivity contribution in [3.05, 3.63) is 39.7 Å². The van der Waals surface area contributed by atoms with Gasteiger partial charge in [0, 0.05) is 18.6 Å². The Morgan fingerprint density at radius 3 is 3.00 bits per heavy atom. The Labute approximate surface area is 107 Å². The van der Waals surface area contributed by atoms with E-state index >= 15 is 0 Å². The number of benzene rings is 1. The number of nitrogens with zero attached hydrogens (tertiary/aromatic N) is 2. The van der Waals surface area contributed by atoms with Crippen LogP contribution in [0.4, 0.5) is 4.39 Å². The van der Waals surface area contributed by atoms with Crippen molar-refractivity contribution in [2.24, 2.45) is 5.92 Å². The first-order valence-corrected chi connectivity index (χ1v) is 5.97. The molecule has 0 amide bonds. The van der Waals surface area contributed by atoms with E-state index < -0.39 is 5.82 Å². The SMILES string of the molecule is O=c1c2c(Cl)ccc(F)c2ncn1C1CC1CO. The first-order valence-electron chi connectivity index (χ1n) is 5.59. The molecule has 18 heavy (non-hydrogen) atoms. The number of aliphatic hydroxyl groups excluding tert-OH is 1. The van der Waals surface area contributed by atoms with Crippen LogP contribution >= 0.6 is 11.6 Å². The molecule has 1 saturated carbocycles. The van der Waals surface area contributed by atoms with Gasteiger partial charge in [-0.1, -0.05) is 11.6 Å². The van der Waals surface area contributed by atoms with Crippen molar-refractivity contribution in [1.82, 2.24) is 9.55 Å². The van der Waals surface area contributed by atoms with Crippen LogP contribution in [0.1, 0.15) is 12.5 Å². The van der Waals surface area contributed by atoms with Crippen molar-refractivity contribution in [2.45, 2.75) is 12.5 Å². The molecule has 2 unspecified atom stereocenters. The van der Waals surface area contributed by atoms with Gasteiger partial charge in [0.15, 0.2) is 0 Å². The highest BCUT2D eigenvalue weighted by Gasteiger charge is 2.39. The van der Waals surface area contributed by atoms with Crippen LogP contribution in [0.5, 0.6) is 0 Å². The van der Waals surface area contributed by atoms with E-state index in [0.717, 1.165) is 6.42 Å². The Morgan fingerprint density at radius 1 is 1.56 bits per heavy atom. The van der Waals surface area contributed by atoms with Gasteiger partial charge in [-0.25, -0.2) is 9.37 Å². The molecule has 0 aliphatic heterocycles. The van der Waals surface area contributed by atoms with Crippen LogP contribution in [0.15, 0.2) is 23.3 Å². The van der Waals surface area contributed by atoms with E-state index in [0.29, 0.717) is 0 Å². The van der Waals surface area contributed by atoms with Crippen LogP contribution in [-0.2, 0) is 0 Å². The van der Waals surface area contributed by atoms with Gasteiger partial charge in [0.05, 0.1) is 16.7 Å². The maximum atomic E-state index is 13.5. The minimum Gasteiger partial charge on any atom is -0.396 e. The van der Waals surface area contributed by atoms with Gasteiger partial charge < -0.3 is 5.11 Å². The van der Waals surface area contributed by atoms with Gasteiger partial charge in [0.25, 0.3) is 5.56 Å². The van der Waals surface area contributed by atoms with Crippen LogP contribution < -0.4 is 5.56 Å². The topological polar surface area (TPSA) is 55.1 Å². The Kier molecular flexibility index (Phi) is 2.60. The largest absolute Gasteiger partial charge is 0.396 e. The van der Waals surface area contributed by atoms with Gasteiger partial charge >= 0.3 is 0 Å². The molecule has 2 atom stereocenters. The third-order valence-electron chi connectivity index (χ3n) is 3.31. The van der Waals surface area contributed by atoms with Gasteiger partial charge in [0.2, 0.25) is 0 Å². The zero-order valence-corrected chi connectivity index (χ0v) is 10.1. The summed E-state index contributed by atoms with van der Waals surface area (Å²) in [7, 11) is 0. The second-order valence-corrected chi connectivity index (χ2v) is 4.86. The number of halogens is 2. The van der Waals surface area contributed by atoms with Crippen LogP contribution in [0, 0.1) is 11.7 Å². The van der Waals surface area contributed by atoms with Crippen LogP contribution in [0.25, 0.3) is 10.9 Å². The quantitative estimate of drug-likeness (QED) is 0.903. The highest BCUT2D eigenvalue weighted by atomic mass is 35.5. The predicted molar refractivity (Wildman–Crippen MR) is 65.2 cm³/mol. The second kappa shape index (κ2) is 4.03. The maximum Gasteiger partial charge on any atom is 0.263 e. The van der Waals surface area contributed by atoms with E-state index in [-0.39, 0.29) is 40.1 Å². The molecule has 1 fully saturated rings. The summed E-state index contributed by atoms with van der Waals surface area (Å²) in [5, 5.41) is 9.31. The smallest absolute Gasteiger partial charge is 0.263 e. The monoisotopic (exact) mass is 268 g/mol. The average Bonchev–Trinajstić information content (AvgIpc) is 3.13. The third-order valence-corrected chi connectivity index (χ3v) is 3.63.